The monoisotopic (exact) mass is 312 g/mol. The topological polar surface area (TPSA) is 64.3 Å². The van der Waals surface area contributed by atoms with E-state index < -0.39 is 42.0 Å². The highest BCUT2D eigenvalue weighted by atomic mass is 19.3. The molecule has 0 radical (unpaired) electrons. The van der Waals surface area contributed by atoms with Crippen LogP contribution in [0, 0.1) is 0 Å². The minimum atomic E-state index is -2.78. The maximum Gasteiger partial charge on any atom is 0.408 e. The van der Waals surface area contributed by atoms with Crippen LogP contribution in [0.2, 0.25) is 0 Å². The van der Waals surface area contributed by atoms with Crippen LogP contribution in [0.15, 0.2) is 30.3 Å². The van der Waals surface area contributed by atoms with Gasteiger partial charge in [0.15, 0.2) is 0 Å². The van der Waals surface area contributed by atoms with Gasteiger partial charge in [-0.05, 0) is 26.3 Å². The minimum absolute atomic E-state index is 0.463. The van der Waals surface area contributed by atoms with Crippen LogP contribution < -0.4 is 11.1 Å². The van der Waals surface area contributed by atoms with E-state index in [1.165, 1.54) is 0 Å². The van der Waals surface area contributed by atoms with E-state index in [0.29, 0.717) is 5.56 Å². The Morgan fingerprint density at radius 2 is 1.82 bits per heavy atom. The lowest BCUT2D eigenvalue weighted by Crippen LogP contribution is -2.65. The molecule has 0 aromatic heterocycles. The quantitative estimate of drug-likeness (QED) is 0.899. The van der Waals surface area contributed by atoms with Crippen molar-refractivity contribution < 1.29 is 18.3 Å². The second-order valence-electron chi connectivity index (χ2n) is 6.93. The fourth-order valence-electron chi connectivity index (χ4n) is 2.75. The second kappa shape index (κ2) is 5.50. The van der Waals surface area contributed by atoms with Crippen LogP contribution in [-0.4, -0.2) is 23.2 Å². The number of alkyl carbamates (subject to hydrolysis) is 1. The maximum atomic E-state index is 13.3. The molecular weight excluding hydrogens is 290 g/mol. The van der Waals surface area contributed by atoms with Crippen molar-refractivity contribution in [2.75, 3.05) is 0 Å². The highest BCUT2D eigenvalue weighted by Gasteiger charge is 2.58. The fourth-order valence-corrected chi connectivity index (χ4v) is 2.75. The molecule has 2 rings (SSSR count). The Hall–Kier alpha value is -1.69. The van der Waals surface area contributed by atoms with Gasteiger partial charge in [0.25, 0.3) is 5.92 Å². The second-order valence-corrected chi connectivity index (χ2v) is 6.93. The highest BCUT2D eigenvalue weighted by molar-refractivity contribution is 5.68. The van der Waals surface area contributed by atoms with Crippen molar-refractivity contribution in [2.24, 2.45) is 5.73 Å². The fraction of sp³-hybridized carbons (Fsp3) is 0.562. The number of nitrogens with two attached hydrogens (primary N) is 1. The van der Waals surface area contributed by atoms with Gasteiger partial charge in [-0.25, -0.2) is 13.6 Å². The summed E-state index contributed by atoms with van der Waals surface area (Å²) in [7, 11) is 0. The molecule has 122 valence electrons. The van der Waals surface area contributed by atoms with Crippen molar-refractivity contribution in [3.05, 3.63) is 35.9 Å². The van der Waals surface area contributed by atoms with Gasteiger partial charge in [0, 0.05) is 12.8 Å². The predicted octanol–water partition coefficient (Wildman–Crippen LogP) is 3.38. The van der Waals surface area contributed by atoms with E-state index in [1.54, 1.807) is 45.0 Å². The highest BCUT2D eigenvalue weighted by Crippen LogP contribution is 2.49. The zero-order valence-corrected chi connectivity index (χ0v) is 13.0. The number of hydrogen-bond donors (Lipinski definition) is 2. The van der Waals surface area contributed by atoms with Gasteiger partial charge < -0.3 is 15.8 Å². The number of benzene rings is 1. The van der Waals surface area contributed by atoms with Crippen molar-refractivity contribution in [2.45, 2.75) is 56.7 Å². The molecule has 1 fully saturated rings. The van der Waals surface area contributed by atoms with Crippen molar-refractivity contribution in [3.63, 3.8) is 0 Å². The first kappa shape index (κ1) is 16.7. The minimum Gasteiger partial charge on any atom is -0.444 e. The third kappa shape index (κ3) is 3.94. The number of alkyl halides is 2. The van der Waals surface area contributed by atoms with E-state index in [2.05, 4.69) is 5.32 Å². The number of ether oxygens (including phenoxy) is 1. The summed E-state index contributed by atoms with van der Waals surface area (Å²) < 4.78 is 31.8. The molecular formula is C16H22F2N2O2. The summed E-state index contributed by atoms with van der Waals surface area (Å²) in [4.78, 5) is 12.0. The standard InChI is InChI=1S/C16H22F2N2O2/c1-14(2,3)22-13(21)20-12(11-7-5-4-6-8-11)15(19)9-16(17,18)10-15/h4-8,12H,9-10,19H2,1-3H3,(H,20,21). The van der Waals surface area contributed by atoms with Gasteiger partial charge in [-0.1, -0.05) is 30.3 Å². The van der Waals surface area contributed by atoms with Crippen molar-refractivity contribution >= 4 is 6.09 Å². The molecule has 0 saturated heterocycles. The normalized spacial score (nSPS) is 20.6. The van der Waals surface area contributed by atoms with E-state index in [4.69, 9.17) is 10.5 Å². The Kier molecular flexibility index (Phi) is 4.17. The number of amides is 1. The molecule has 1 amide bonds. The molecule has 3 N–H and O–H groups in total. The first-order chi connectivity index (χ1) is 10.0. The third-order valence-electron chi connectivity index (χ3n) is 3.54. The van der Waals surface area contributed by atoms with Gasteiger partial charge in [-0.15, -0.1) is 0 Å². The Bertz CT molecular complexity index is 533. The van der Waals surface area contributed by atoms with Crippen molar-refractivity contribution in [3.8, 4) is 0 Å². The molecule has 1 aromatic carbocycles. The summed E-state index contributed by atoms with van der Waals surface area (Å²) in [5.41, 5.74) is 4.95. The molecule has 0 heterocycles. The van der Waals surface area contributed by atoms with Crippen LogP contribution in [0.5, 0.6) is 0 Å². The van der Waals surface area contributed by atoms with Gasteiger partial charge in [-0.3, -0.25) is 0 Å². The zero-order valence-electron chi connectivity index (χ0n) is 13.0. The van der Waals surface area contributed by atoms with E-state index in [-0.39, 0.29) is 0 Å². The number of nitrogens with one attached hydrogen (secondary N) is 1. The summed E-state index contributed by atoms with van der Waals surface area (Å²) in [6.07, 6.45) is -1.59. The molecule has 1 aliphatic carbocycles. The van der Waals surface area contributed by atoms with Crippen LogP contribution in [0.1, 0.15) is 45.2 Å². The summed E-state index contributed by atoms with van der Waals surface area (Å²) in [6.45, 7) is 5.21. The van der Waals surface area contributed by atoms with E-state index >= 15 is 0 Å². The molecule has 1 aromatic rings. The molecule has 6 heteroatoms. The van der Waals surface area contributed by atoms with Crippen molar-refractivity contribution in [1.82, 2.24) is 5.32 Å². The Labute approximate surface area is 129 Å². The van der Waals surface area contributed by atoms with Gasteiger partial charge in [0.2, 0.25) is 0 Å². The smallest absolute Gasteiger partial charge is 0.408 e. The van der Waals surface area contributed by atoms with E-state index in [9.17, 15) is 13.6 Å². The molecule has 1 aliphatic rings. The van der Waals surface area contributed by atoms with Crippen LogP contribution >= 0.6 is 0 Å². The van der Waals surface area contributed by atoms with Gasteiger partial charge in [0.05, 0.1) is 11.6 Å². The molecule has 0 spiro atoms. The summed E-state index contributed by atoms with van der Waals surface area (Å²) in [6, 6.07) is 8.16. The summed E-state index contributed by atoms with van der Waals surface area (Å²) in [5, 5.41) is 2.65. The van der Waals surface area contributed by atoms with Gasteiger partial charge in [0.1, 0.15) is 5.60 Å². The van der Waals surface area contributed by atoms with E-state index in [1.807, 2.05) is 6.07 Å². The Balaban J connectivity index is 2.19. The zero-order chi connectivity index (χ0) is 16.6. The Morgan fingerprint density at radius 1 is 1.27 bits per heavy atom. The van der Waals surface area contributed by atoms with Gasteiger partial charge >= 0.3 is 6.09 Å². The molecule has 22 heavy (non-hydrogen) atoms. The largest absolute Gasteiger partial charge is 0.444 e. The lowest BCUT2D eigenvalue weighted by atomic mass is 9.67. The summed E-state index contributed by atoms with van der Waals surface area (Å²) >= 11 is 0. The lowest BCUT2D eigenvalue weighted by molar-refractivity contribution is -0.132. The lowest BCUT2D eigenvalue weighted by Gasteiger charge is -2.49. The third-order valence-corrected chi connectivity index (χ3v) is 3.54. The van der Waals surface area contributed by atoms with E-state index in [0.717, 1.165) is 0 Å². The molecule has 0 bridgehead atoms. The SMILES string of the molecule is CC(C)(C)OC(=O)NC(c1ccccc1)C1(N)CC(F)(F)C1. The first-order valence-corrected chi connectivity index (χ1v) is 7.22. The van der Waals surface area contributed by atoms with Crippen LogP contribution in [0.4, 0.5) is 13.6 Å². The van der Waals surface area contributed by atoms with Crippen molar-refractivity contribution in [1.29, 1.82) is 0 Å². The molecule has 1 unspecified atom stereocenters. The molecule has 1 atom stereocenters. The van der Waals surface area contributed by atoms with Crippen LogP contribution in [0.25, 0.3) is 0 Å². The average Bonchev–Trinajstić information content (AvgIpc) is 2.32. The maximum absolute atomic E-state index is 13.3. The Morgan fingerprint density at radius 3 is 2.27 bits per heavy atom. The van der Waals surface area contributed by atoms with Gasteiger partial charge in [-0.2, -0.15) is 0 Å². The molecule has 1 saturated carbocycles. The molecule has 4 nitrogen and oxygen atoms in total. The molecule has 0 aliphatic heterocycles. The van der Waals surface area contributed by atoms with Crippen LogP contribution in [0.3, 0.4) is 0 Å². The number of halogens is 2. The van der Waals surface area contributed by atoms with Crippen LogP contribution in [-0.2, 0) is 4.74 Å². The average molecular weight is 312 g/mol. The predicted molar refractivity (Wildman–Crippen MR) is 79.7 cm³/mol. The number of rotatable bonds is 3. The number of carbonyl (C=O) groups is 1. The first-order valence-electron chi connectivity index (χ1n) is 7.22. The summed E-state index contributed by atoms with van der Waals surface area (Å²) in [5.74, 6) is -2.78. The number of carbonyl (C=O) groups excluding carboxylic acids is 1. The number of hydrogen-bond acceptors (Lipinski definition) is 3.